The standard InChI is InChI=1S/C23H26N6O3/c1-32-21-8-7-17(12-24-21)23(31)27-9-10-29-20(15-27)25-26-22(29)19-11-18(30)14-28(19)13-16-5-3-2-4-6-16/h2-8,12,18-19,30H,9-11,13-15H2,1H3/t18-,19+/m1/s1. The molecule has 3 aromatic rings. The summed E-state index contributed by atoms with van der Waals surface area (Å²) in [5.74, 6) is 2.02. The van der Waals surface area contributed by atoms with Gasteiger partial charge in [-0.05, 0) is 18.1 Å². The number of aliphatic hydroxyl groups is 1. The molecule has 0 radical (unpaired) electrons. The summed E-state index contributed by atoms with van der Waals surface area (Å²) in [6.07, 6.45) is 1.78. The molecule has 0 saturated carbocycles. The Morgan fingerprint density at radius 3 is 2.75 bits per heavy atom. The van der Waals surface area contributed by atoms with Crippen LogP contribution in [0.2, 0.25) is 0 Å². The molecule has 1 amide bonds. The maximum atomic E-state index is 12.9. The number of benzene rings is 1. The third-order valence-corrected chi connectivity index (χ3v) is 6.17. The fourth-order valence-electron chi connectivity index (χ4n) is 4.55. The van der Waals surface area contributed by atoms with Crippen LogP contribution in [0.4, 0.5) is 0 Å². The van der Waals surface area contributed by atoms with E-state index in [9.17, 15) is 9.90 Å². The summed E-state index contributed by atoms with van der Waals surface area (Å²) < 4.78 is 7.17. The van der Waals surface area contributed by atoms with E-state index in [0.717, 1.165) is 18.2 Å². The number of ether oxygens (including phenoxy) is 1. The van der Waals surface area contributed by atoms with E-state index in [2.05, 4.69) is 36.8 Å². The van der Waals surface area contributed by atoms with Crippen molar-refractivity contribution in [3.63, 3.8) is 0 Å². The predicted octanol–water partition coefficient (Wildman–Crippen LogP) is 1.65. The molecule has 5 rings (SSSR count). The molecule has 0 aliphatic carbocycles. The summed E-state index contributed by atoms with van der Waals surface area (Å²) in [4.78, 5) is 21.1. The summed E-state index contributed by atoms with van der Waals surface area (Å²) in [6, 6.07) is 13.7. The number of carbonyl (C=O) groups is 1. The number of fused-ring (bicyclic) bond motifs is 1. The number of β-amino-alcohol motifs (C(OH)–C–C–N with tert-alkyl or cyclic N) is 1. The maximum absolute atomic E-state index is 12.9. The average molecular weight is 435 g/mol. The minimum atomic E-state index is -0.388. The Morgan fingerprint density at radius 2 is 2.00 bits per heavy atom. The van der Waals surface area contributed by atoms with Crippen LogP contribution in [0, 0.1) is 0 Å². The van der Waals surface area contributed by atoms with E-state index < -0.39 is 0 Å². The van der Waals surface area contributed by atoms with E-state index >= 15 is 0 Å². The molecule has 4 heterocycles. The van der Waals surface area contributed by atoms with Crippen molar-refractivity contribution in [1.29, 1.82) is 0 Å². The predicted molar refractivity (Wildman–Crippen MR) is 116 cm³/mol. The van der Waals surface area contributed by atoms with Crippen LogP contribution in [0.25, 0.3) is 0 Å². The highest BCUT2D eigenvalue weighted by atomic mass is 16.5. The highest BCUT2D eigenvalue weighted by molar-refractivity contribution is 5.94. The molecule has 1 saturated heterocycles. The topological polar surface area (TPSA) is 96.6 Å². The van der Waals surface area contributed by atoms with E-state index in [1.165, 1.54) is 11.8 Å². The van der Waals surface area contributed by atoms with Gasteiger partial charge in [-0.25, -0.2) is 4.98 Å². The van der Waals surface area contributed by atoms with Crippen LogP contribution in [0.3, 0.4) is 0 Å². The average Bonchev–Trinajstić information content (AvgIpc) is 3.41. The largest absolute Gasteiger partial charge is 0.481 e. The summed E-state index contributed by atoms with van der Waals surface area (Å²) in [7, 11) is 1.54. The molecule has 2 aromatic heterocycles. The van der Waals surface area contributed by atoms with E-state index in [-0.39, 0.29) is 18.1 Å². The number of amides is 1. The number of hydrogen-bond acceptors (Lipinski definition) is 7. The molecule has 0 spiro atoms. The van der Waals surface area contributed by atoms with Gasteiger partial charge >= 0.3 is 0 Å². The van der Waals surface area contributed by atoms with Crippen molar-refractivity contribution in [1.82, 2.24) is 29.5 Å². The van der Waals surface area contributed by atoms with Gasteiger partial charge in [-0.15, -0.1) is 10.2 Å². The molecular weight excluding hydrogens is 408 g/mol. The van der Waals surface area contributed by atoms with Gasteiger partial charge in [0.1, 0.15) is 0 Å². The van der Waals surface area contributed by atoms with E-state index in [0.29, 0.717) is 44.0 Å². The minimum absolute atomic E-state index is 0.000467. The SMILES string of the molecule is COc1ccc(C(=O)N2CCn3c(nnc3[C@@H]3C[C@@H](O)CN3Cc3ccccc3)C2)cn1. The Labute approximate surface area is 186 Å². The van der Waals surface area contributed by atoms with Gasteiger partial charge in [0.15, 0.2) is 11.6 Å². The van der Waals surface area contributed by atoms with Gasteiger partial charge in [0.05, 0.1) is 31.4 Å². The number of rotatable bonds is 5. The smallest absolute Gasteiger partial charge is 0.255 e. The van der Waals surface area contributed by atoms with Crippen molar-refractivity contribution in [2.45, 2.75) is 38.2 Å². The van der Waals surface area contributed by atoms with Crippen molar-refractivity contribution >= 4 is 5.91 Å². The molecule has 2 aliphatic rings. The second kappa shape index (κ2) is 8.68. The summed E-state index contributed by atoms with van der Waals surface area (Å²) in [5.41, 5.74) is 1.72. The molecule has 0 unspecified atom stereocenters. The first-order chi connectivity index (χ1) is 15.6. The number of methoxy groups -OCH3 is 1. The number of hydrogen-bond donors (Lipinski definition) is 1. The molecule has 2 aliphatic heterocycles. The van der Waals surface area contributed by atoms with Crippen LogP contribution in [0.1, 0.15) is 40.0 Å². The number of carbonyl (C=O) groups excluding carboxylic acids is 1. The first-order valence-electron chi connectivity index (χ1n) is 10.8. The summed E-state index contributed by atoms with van der Waals surface area (Å²) in [5, 5.41) is 19.2. The van der Waals surface area contributed by atoms with Gasteiger partial charge in [0.2, 0.25) is 5.88 Å². The quantitative estimate of drug-likeness (QED) is 0.652. The normalized spacial score (nSPS) is 20.9. The lowest BCUT2D eigenvalue weighted by atomic mass is 10.1. The fourth-order valence-corrected chi connectivity index (χ4v) is 4.55. The van der Waals surface area contributed by atoms with Crippen LogP contribution in [-0.2, 0) is 19.6 Å². The van der Waals surface area contributed by atoms with Gasteiger partial charge < -0.3 is 19.3 Å². The van der Waals surface area contributed by atoms with Crippen molar-refractivity contribution < 1.29 is 14.6 Å². The number of aliphatic hydroxyl groups excluding tert-OH is 1. The number of aromatic nitrogens is 4. The molecule has 0 bridgehead atoms. The first-order valence-corrected chi connectivity index (χ1v) is 10.8. The van der Waals surface area contributed by atoms with Crippen molar-refractivity contribution in [2.24, 2.45) is 0 Å². The lowest BCUT2D eigenvalue weighted by Gasteiger charge is -2.30. The lowest BCUT2D eigenvalue weighted by molar-refractivity contribution is 0.0704. The molecule has 9 nitrogen and oxygen atoms in total. The van der Waals surface area contributed by atoms with Crippen molar-refractivity contribution in [3.8, 4) is 5.88 Å². The maximum Gasteiger partial charge on any atom is 0.255 e. The van der Waals surface area contributed by atoms with Gasteiger partial charge in [0, 0.05) is 38.4 Å². The van der Waals surface area contributed by atoms with Gasteiger partial charge in [0.25, 0.3) is 5.91 Å². The Morgan fingerprint density at radius 1 is 1.16 bits per heavy atom. The number of pyridine rings is 1. The van der Waals surface area contributed by atoms with Gasteiger partial charge in [-0.1, -0.05) is 30.3 Å². The molecule has 9 heteroatoms. The van der Waals surface area contributed by atoms with Crippen molar-refractivity contribution in [3.05, 3.63) is 71.4 Å². The Bertz CT molecular complexity index is 1080. The van der Waals surface area contributed by atoms with Gasteiger partial charge in [-0.2, -0.15) is 0 Å². The zero-order chi connectivity index (χ0) is 22.1. The van der Waals surface area contributed by atoms with Gasteiger partial charge in [-0.3, -0.25) is 9.69 Å². The minimum Gasteiger partial charge on any atom is -0.481 e. The zero-order valence-electron chi connectivity index (χ0n) is 18.0. The lowest BCUT2D eigenvalue weighted by Crippen LogP contribution is -2.39. The monoisotopic (exact) mass is 434 g/mol. The highest BCUT2D eigenvalue weighted by Gasteiger charge is 2.37. The summed E-state index contributed by atoms with van der Waals surface area (Å²) in [6.45, 7) is 2.94. The fraction of sp³-hybridized carbons (Fsp3) is 0.391. The third-order valence-electron chi connectivity index (χ3n) is 6.17. The second-order valence-electron chi connectivity index (χ2n) is 8.26. The Kier molecular flexibility index (Phi) is 5.59. The third kappa shape index (κ3) is 3.96. The Balaban J connectivity index is 1.32. The molecular formula is C23H26N6O3. The first kappa shape index (κ1) is 20.6. The highest BCUT2D eigenvalue weighted by Crippen LogP contribution is 2.33. The molecule has 166 valence electrons. The summed E-state index contributed by atoms with van der Waals surface area (Å²) >= 11 is 0. The molecule has 1 N–H and O–H groups in total. The van der Waals surface area contributed by atoms with Crippen molar-refractivity contribution in [2.75, 3.05) is 20.2 Å². The molecule has 1 fully saturated rings. The zero-order valence-corrected chi connectivity index (χ0v) is 18.0. The van der Waals surface area contributed by atoms with Crippen LogP contribution in [-0.4, -0.2) is 66.9 Å². The second-order valence-corrected chi connectivity index (χ2v) is 8.26. The number of likely N-dealkylation sites (tertiary alicyclic amines) is 1. The van der Waals surface area contributed by atoms with Crippen LogP contribution >= 0.6 is 0 Å². The van der Waals surface area contributed by atoms with Crippen LogP contribution < -0.4 is 4.74 Å². The van der Waals surface area contributed by atoms with Crippen LogP contribution in [0.15, 0.2) is 48.7 Å². The molecule has 2 atom stereocenters. The van der Waals surface area contributed by atoms with E-state index in [4.69, 9.17) is 4.74 Å². The molecule has 32 heavy (non-hydrogen) atoms. The number of nitrogens with zero attached hydrogens (tertiary/aromatic N) is 6. The van der Waals surface area contributed by atoms with E-state index in [1.54, 1.807) is 24.1 Å². The Hall–Kier alpha value is -3.30. The van der Waals surface area contributed by atoms with E-state index in [1.807, 2.05) is 18.2 Å². The van der Waals surface area contributed by atoms with Crippen LogP contribution in [0.5, 0.6) is 5.88 Å². The molecule has 1 aromatic carbocycles.